The van der Waals surface area contributed by atoms with Crippen LogP contribution in [0.1, 0.15) is 25.7 Å². The predicted molar refractivity (Wildman–Crippen MR) is 67.6 cm³/mol. The van der Waals surface area contributed by atoms with Crippen LogP contribution in [0, 0.1) is 0 Å². The monoisotopic (exact) mass is 296 g/mol. The maximum Gasteiger partial charge on any atom is 0.305 e. The zero-order valence-corrected chi connectivity index (χ0v) is 11.3. The van der Waals surface area contributed by atoms with Crippen molar-refractivity contribution in [1.29, 1.82) is 0 Å². The van der Waals surface area contributed by atoms with Crippen LogP contribution < -0.4 is 0 Å². The highest BCUT2D eigenvalue weighted by Crippen LogP contribution is 2.06. The average molecular weight is 296 g/mol. The number of carbonyl (C=O) groups excluding carboxylic acids is 1. The molecule has 0 bridgehead atoms. The van der Waals surface area contributed by atoms with Gasteiger partial charge < -0.3 is 35.4 Å². The number of carbonyl (C=O) groups is 1. The molecular weight excluding hydrogens is 272 g/mol. The van der Waals surface area contributed by atoms with Crippen LogP contribution in [0.2, 0.25) is 0 Å². The van der Waals surface area contributed by atoms with E-state index in [4.69, 9.17) is 35.4 Å². The Morgan fingerprint density at radius 1 is 0.900 bits per heavy atom. The highest BCUT2D eigenvalue weighted by atomic mass is 16.5. The molecule has 20 heavy (non-hydrogen) atoms. The predicted octanol–water partition coefficient (Wildman–Crippen LogP) is -2.48. The number of cyclic esters (lactones) is 1. The highest BCUT2D eigenvalue weighted by molar-refractivity contribution is 5.69. The Bertz CT molecular complexity index is 236. The van der Waals surface area contributed by atoms with Gasteiger partial charge in [-0.25, -0.2) is 0 Å². The molecule has 1 rings (SSSR count). The van der Waals surface area contributed by atoms with E-state index in [0.717, 1.165) is 19.3 Å². The van der Waals surface area contributed by atoms with Crippen LogP contribution >= 0.6 is 0 Å². The molecule has 0 saturated carbocycles. The second-order valence-corrected chi connectivity index (χ2v) is 4.51. The van der Waals surface area contributed by atoms with E-state index < -0.39 is 37.6 Å². The number of aliphatic hydroxyl groups excluding tert-OH is 6. The molecule has 0 aliphatic carbocycles. The normalized spacial score (nSPS) is 21.6. The van der Waals surface area contributed by atoms with Crippen molar-refractivity contribution in [3.05, 3.63) is 0 Å². The van der Waals surface area contributed by atoms with Crippen LogP contribution in [0.3, 0.4) is 0 Å². The van der Waals surface area contributed by atoms with Gasteiger partial charge in [0.25, 0.3) is 0 Å². The summed E-state index contributed by atoms with van der Waals surface area (Å²) in [6, 6.07) is 0. The van der Waals surface area contributed by atoms with E-state index in [0.29, 0.717) is 13.0 Å². The first-order chi connectivity index (χ1) is 9.43. The van der Waals surface area contributed by atoms with E-state index >= 15 is 0 Å². The van der Waals surface area contributed by atoms with Crippen LogP contribution in [0.15, 0.2) is 0 Å². The molecule has 0 spiro atoms. The molecule has 8 nitrogen and oxygen atoms in total. The van der Waals surface area contributed by atoms with Gasteiger partial charge in [0.2, 0.25) is 0 Å². The maximum atomic E-state index is 10.5. The van der Waals surface area contributed by atoms with Crippen molar-refractivity contribution < 1.29 is 40.2 Å². The van der Waals surface area contributed by atoms with Crippen molar-refractivity contribution in [1.82, 2.24) is 0 Å². The molecule has 8 heteroatoms. The van der Waals surface area contributed by atoms with Crippen molar-refractivity contribution in [3.8, 4) is 0 Å². The average Bonchev–Trinajstić information content (AvgIpc) is 2.72. The van der Waals surface area contributed by atoms with Gasteiger partial charge in [0.15, 0.2) is 0 Å². The molecule has 6 N–H and O–H groups in total. The van der Waals surface area contributed by atoms with E-state index in [1.54, 1.807) is 0 Å². The zero-order chi connectivity index (χ0) is 15.5. The fourth-order valence-corrected chi connectivity index (χ4v) is 1.48. The Kier molecular flexibility index (Phi) is 10.5. The number of esters is 1. The first-order valence-corrected chi connectivity index (χ1v) is 6.53. The first-order valence-electron chi connectivity index (χ1n) is 6.53. The topological polar surface area (TPSA) is 148 Å². The summed E-state index contributed by atoms with van der Waals surface area (Å²) in [5.74, 6) is -0.0255. The molecule has 1 saturated heterocycles. The second kappa shape index (κ2) is 11.0. The molecule has 0 aromatic heterocycles. The van der Waals surface area contributed by atoms with Crippen LogP contribution in [-0.2, 0) is 9.53 Å². The van der Waals surface area contributed by atoms with Crippen molar-refractivity contribution >= 4 is 5.97 Å². The number of ether oxygens (including phenoxy) is 1. The number of aliphatic hydroxyl groups is 6. The molecule has 1 aliphatic heterocycles. The Labute approximate surface area is 117 Å². The molecule has 1 aliphatic rings. The SMILES string of the molecule is O=C1CCCCCO1.OCC(O)C(O)C(O)C(O)CO. The highest BCUT2D eigenvalue weighted by Gasteiger charge is 2.29. The minimum atomic E-state index is -1.67. The summed E-state index contributed by atoms with van der Waals surface area (Å²) >= 11 is 0. The molecule has 0 aromatic rings. The number of hydrogen-bond donors (Lipinski definition) is 6. The summed E-state index contributed by atoms with van der Waals surface area (Å²) in [6.07, 6.45) is -2.56. The molecule has 1 heterocycles. The Morgan fingerprint density at radius 3 is 1.85 bits per heavy atom. The van der Waals surface area contributed by atoms with Gasteiger partial charge in [-0.2, -0.15) is 0 Å². The van der Waals surface area contributed by atoms with E-state index in [2.05, 4.69) is 0 Å². The lowest BCUT2D eigenvalue weighted by molar-refractivity contribution is -0.142. The van der Waals surface area contributed by atoms with Crippen LogP contribution in [0.25, 0.3) is 0 Å². The first kappa shape index (κ1) is 19.2. The molecule has 0 amide bonds. The maximum absolute atomic E-state index is 10.5. The van der Waals surface area contributed by atoms with Crippen LogP contribution in [-0.4, -0.2) is 80.8 Å². The third-order valence-corrected chi connectivity index (χ3v) is 2.80. The molecule has 0 radical (unpaired) electrons. The third-order valence-electron chi connectivity index (χ3n) is 2.80. The van der Waals surface area contributed by atoms with E-state index in [-0.39, 0.29) is 5.97 Å². The Hall–Kier alpha value is -0.770. The summed E-state index contributed by atoms with van der Waals surface area (Å²) in [6.45, 7) is -0.814. The zero-order valence-electron chi connectivity index (χ0n) is 11.3. The molecule has 1 fully saturated rings. The quantitative estimate of drug-likeness (QED) is 0.305. The van der Waals surface area contributed by atoms with Crippen molar-refractivity contribution in [3.63, 3.8) is 0 Å². The summed E-state index contributed by atoms with van der Waals surface area (Å²) < 4.78 is 4.76. The minimum absolute atomic E-state index is 0.0255. The Morgan fingerprint density at radius 2 is 1.40 bits per heavy atom. The van der Waals surface area contributed by atoms with Gasteiger partial charge >= 0.3 is 5.97 Å². The molecule has 0 aromatic carbocycles. The number of rotatable bonds is 5. The number of hydrogen-bond acceptors (Lipinski definition) is 8. The summed E-state index contributed by atoms with van der Waals surface area (Å²) in [5, 5.41) is 52.2. The largest absolute Gasteiger partial charge is 0.466 e. The van der Waals surface area contributed by atoms with E-state index in [9.17, 15) is 4.79 Å². The lowest BCUT2D eigenvalue weighted by Crippen LogP contribution is -2.46. The van der Waals surface area contributed by atoms with Gasteiger partial charge in [-0.05, 0) is 19.3 Å². The smallest absolute Gasteiger partial charge is 0.305 e. The standard InChI is InChI=1S/C6H14O6.C6H10O2/c7-1-3(9)5(11)6(12)4(10)2-8;7-6-4-2-1-3-5-8-6/h3-12H,1-2H2;1-5H2. The van der Waals surface area contributed by atoms with Crippen molar-refractivity contribution in [2.75, 3.05) is 19.8 Å². The summed E-state index contributed by atoms with van der Waals surface area (Å²) in [4.78, 5) is 10.5. The van der Waals surface area contributed by atoms with Gasteiger partial charge in [-0.3, -0.25) is 4.79 Å². The van der Waals surface area contributed by atoms with Crippen LogP contribution in [0.5, 0.6) is 0 Å². The molecule has 4 atom stereocenters. The van der Waals surface area contributed by atoms with Crippen molar-refractivity contribution in [2.24, 2.45) is 0 Å². The Balaban J connectivity index is 0.000000388. The molecular formula is C12H24O8. The van der Waals surface area contributed by atoms with Gasteiger partial charge in [0, 0.05) is 6.42 Å². The minimum Gasteiger partial charge on any atom is -0.466 e. The van der Waals surface area contributed by atoms with Gasteiger partial charge in [0.1, 0.15) is 24.4 Å². The lowest BCUT2D eigenvalue weighted by atomic mass is 10.0. The summed E-state index contributed by atoms with van der Waals surface area (Å²) in [5.41, 5.74) is 0. The van der Waals surface area contributed by atoms with Gasteiger partial charge in [-0.1, -0.05) is 0 Å². The van der Waals surface area contributed by atoms with Crippen molar-refractivity contribution in [2.45, 2.75) is 50.1 Å². The summed E-state index contributed by atoms with van der Waals surface area (Å²) in [7, 11) is 0. The molecule has 120 valence electrons. The van der Waals surface area contributed by atoms with Crippen LogP contribution in [0.4, 0.5) is 0 Å². The molecule has 4 unspecified atom stereocenters. The fraction of sp³-hybridized carbons (Fsp3) is 0.917. The van der Waals surface area contributed by atoms with E-state index in [1.165, 1.54) is 0 Å². The van der Waals surface area contributed by atoms with E-state index in [1.807, 2.05) is 0 Å². The third kappa shape index (κ3) is 7.73. The lowest BCUT2D eigenvalue weighted by Gasteiger charge is -2.24. The second-order valence-electron chi connectivity index (χ2n) is 4.51. The van der Waals surface area contributed by atoms with Gasteiger partial charge in [0.05, 0.1) is 19.8 Å². The fourth-order valence-electron chi connectivity index (χ4n) is 1.48. The van der Waals surface area contributed by atoms with Gasteiger partial charge in [-0.15, -0.1) is 0 Å².